The fraction of sp³-hybridized carbons (Fsp3) is 0.167. The molecule has 0 aliphatic carbocycles. The van der Waals surface area contributed by atoms with Crippen LogP contribution in [0.5, 0.6) is 0 Å². The van der Waals surface area contributed by atoms with E-state index < -0.39 is 0 Å². The largest absolute Gasteiger partial charge is 0.296 e. The topological polar surface area (TPSA) is 34.9 Å². The van der Waals surface area contributed by atoms with Crippen molar-refractivity contribution in [3.05, 3.63) is 47.3 Å². The van der Waals surface area contributed by atoms with E-state index in [9.17, 15) is 4.79 Å². The van der Waals surface area contributed by atoms with Crippen LogP contribution < -0.4 is 0 Å². The summed E-state index contributed by atoms with van der Waals surface area (Å²) in [6.45, 7) is 0. The van der Waals surface area contributed by atoms with Crippen molar-refractivity contribution in [1.29, 1.82) is 0 Å². The van der Waals surface area contributed by atoms with E-state index in [-0.39, 0.29) is 0 Å². The summed E-state index contributed by atoms with van der Waals surface area (Å²) in [6.07, 6.45) is 2.78. The van der Waals surface area contributed by atoms with Gasteiger partial charge in [-0.05, 0) is 30.5 Å². The van der Waals surface area contributed by atoms with Crippen LogP contribution in [0.3, 0.4) is 0 Å². The number of nitrogens with zero attached hydrogens (tertiary/aromatic N) is 2. The minimum absolute atomic E-state index is 0.515. The fourth-order valence-corrected chi connectivity index (χ4v) is 2.08. The number of hydrogen-bond acceptors (Lipinski definition) is 2. The molecule has 1 aromatic carbocycles. The first-order chi connectivity index (χ1) is 7.38. The molecule has 15 heavy (non-hydrogen) atoms. The van der Waals surface area contributed by atoms with Crippen LogP contribution in [0.4, 0.5) is 0 Å². The summed E-state index contributed by atoms with van der Waals surface area (Å²) in [5.41, 5.74) is 4.04. The van der Waals surface area contributed by atoms with Crippen molar-refractivity contribution in [3.8, 4) is 5.69 Å². The third-order valence-electron chi connectivity index (χ3n) is 2.79. The molecule has 0 atom stereocenters. The maximum atomic E-state index is 10.7. The first-order valence-corrected chi connectivity index (χ1v) is 5.01. The lowest BCUT2D eigenvalue weighted by atomic mass is 10.0. The number of hydrogen-bond donors (Lipinski definition) is 0. The van der Waals surface area contributed by atoms with Gasteiger partial charge in [0.2, 0.25) is 0 Å². The molecule has 1 aromatic heterocycles. The van der Waals surface area contributed by atoms with Crippen LogP contribution >= 0.6 is 0 Å². The molecule has 2 heterocycles. The maximum Gasteiger partial charge on any atom is 0.170 e. The van der Waals surface area contributed by atoms with E-state index in [1.165, 1.54) is 5.56 Å². The van der Waals surface area contributed by atoms with Crippen molar-refractivity contribution in [2.45, 2.75) is 12.8 Å². The van der Waals surface area contributed by atoms with Crippen molar-refractivity contribution in [3.63, 3.8) is 0 Å². The Bertz CT molecular complexity index is 528. The van der Waals surface area contributed by atoms with Crippen molar-refractivity contribution in [2.24, 2.45) is 0 Å². The van der Waals surface area contributed by atoms with Gasteiger partial charge in [-0.1, -0.05) is 18.2 Å². The van der Waals surface area contributed by atoms with E-state index in [0.29, 0.717) is 5.69 Å². The van der Waals surface area contributed by atoms with Crippen LogP contribution in [0.1, 0.15) is 21.7 Å². The van der Waals surface area contributed by atoms with Crippen LogP contribution in [0.2, 0.25) is 0 Å². The number of benzene rings is 1. The molecular weight excluding hydrogens is 188 g/mol. The summed E-state index contributed by atoms with van der Waals surface area (Å²) in [5.74, 6) is 0. The zero-order chi connectivity index (χ0) is 10.3. The molecule has 0 spiro atoms. The molecule has 0 amide bonds. The van der Waals surface area contributed by atoms with Gasteiger partial charge in [0.15, 0.2) is 6.29 Å². The summed E-state index contributed by atoms with van der Waals surface area (Å²) < 4.78 is 1.88. The lowest BCUT2D eigenvalue weighted by molar-refractivity contribution is 0.111. The molecule has 0 unspecified atom stereocenters. The van der Waals surface area contributed by atoms with E-state index in [2.05, 4.69) is 11.2 Å². The van der Waals surface area contributed by atoms with E-state index in [1.54, 1.807) is 0 Å². The average Bonchev–Trinajstić information content (AvgIpc) is 2.72. The van der Waals surface area contributed by atoms with E-state index in [4.69, 9.17) is 0 Å². The van der Waals surface area contributed by atoms with Gasteiger partial charge in [-0.25, -0.2) is 4.68 Å². The molecule has 0 saturated heterocycles. The molecule has 2 aromatic rings. The molecule has 3 nitrogen and oxygen atoms in total. The normalized spacial score (nSPS) is 13.1. The highest BCUT2D eigenvalue weighted by Gasteiger charge is 2.16. The van der Waals surface area contributed by atoms with Gasteiger partial charge in [0, 0.05) is 5.69 Å². The monoisotopic (exact) mass is 198 g/mol. The molecule has 0 saturated carbocycles. The number of carbonyl (C=O) groups excluding carboxylic acids is 1. The third kappa shape index (κ3) is 1.20. The van der Waals surface area contributed by atoms with E-state index in [0.717, 1.165) is 30.5 Å². The number of carbonyl (C=O) groups is 1. The van der Waals surface area contributed by atoms with Gasteiger partial charge in [-0.2, -0.15) is 5.10 Å². The number of aldehydes is 1. The predicted molar refractivity (Wildman–Crippen MR) is 56.4 cm³/mol. The zero-order valence-corrected chi connectivity index (χ0v) is 8.18. The second kappa shape index (κ2) is 3.05. The maximum absolute atomic E-state index is 10.7. The summed E-state index contributed by atoms with van der Waals surface area (Å²) in [7, 11) is 0. The van der Waals surface area contributed by atoms with Gasteiger partial charge in [0.25, 0.3) is 0 Å². The van der Waals surface area contributed by atoms with Crippen LogP contribution in [-0.4, -0.2) is 16.1 Å². The Morgan fingerprint density at radius 3 is 3.00 bits per heavy atom. The van der Waals surface area contributed by atoms with Gasteiger partial charge >= 0.3 is 0 Å². The van der Waals surface area contributed by atoms with Gasteiger partial charge in [0.05, 0.1) is 5.69 Å². The first kappa shape index (κ1) is 8.41. The van der Waals surface area contributed by atoms with E-state index >= 15 is 0 Å². The molecule has 0 N–H and O–H groups in total. The Kier molecular flexibility index (Phi) is 1.71. The molecule has 3 heteroatoms. The lowest BCUT2D eigenvalue weighted by Crippen LogP contribution is -2.12. The summed E-state index contributed by atoms with van der Waals surface area (Å²) in [5, 5.41) is 4.26. The van der Waals surface area contributed by atoms with Gasteiger partial charge < -0.3 is 0 Å². The number of aromatic nitrogens is 2. The smallest absolute Gasteiger partial charge is 0.170 e. The average molecular weight is 198 g/mol. The van der Waals surface area contributed by atoms with Gasteiger partial charge in [0.1, 0.15) is 5.69 Å². The number of rotatable bonds is 1. The second-order valence-corrected chi connectivity index (χ2v) is 3.72. The minimum Gasteiger partial charge on any atom is -0.296 e. The highest BCUT2D eigenvalue weighted by Crippen LogP contribution is 2.23. The third-order valence-corrected chi connectivity index (χ3v) is 2.79. The van der Waals surface area contributed by atoms with Crippen LogP contribution in [0.15, 0.2) is 30.3 Å². The molecular formula is C12H10N2O. The van der Waals surface area contributed by atoms with Crippen LogP contribution in [0, 0.1) is 0 Å². The fourth-order valence-electron chi connectivity index (χ4n) is 2.08. The molecule has 1 aliphatic rings. The quantitative estimate of drug-likeness (QED) is 0.655. The molecule has 0 fully saturated rings. The van der Waals surface area contributed by atoms with E-state index in [1.807, 2.05) is 28.9 Å². The molecule has 3 rings (SSSR count). The van der Waals surface area contributed by atoms with Crippen LogP contribution in [-0.2, 0) is 12.8 Å². The molecule has 1 aliphatic heterocycles. The van der Waals surface area contributed by atoms with Crippen molar-refractivity contribution >= 4 is 6.29 Å². The Hall–Kier alpha value is -1.90. The zero-order valence-electron chi connectivity index (χ0n) is 8.18. The van der Waals surface area contributed by atoms with Gasteiger partial charge in [-0.3, -0.25) is 4.79 Å². The number of aryl methyl sites for hydroxylation is 2. The Labute approximate surface area is 87.3 Å². The Balaban J connectivity index is 2.24. The predicted octanol–water partition coefficient (Wildman–Crippen LogP) is 1.78. The standard InChI is InChI=1S/C12H10N2O/c15-8-10-7-11-6-5-9-3-1-2-4-12(9)14(11)13-10/h1-4,7-8H,5-6H2. The number of para-hydroxylation sites is 1. The molecule has 0 radical (unpaired) electrons. The van der Waals surface area contributed by atoms with Crippen LogP contribution in [0.25, 0.3) is 5.69 Å². The van der Waals surface area contributed by atoms with Gasteiger partial charge in [-0.15, -0.1) is 0 Å². The first-order valence-electron chi connectivity index (χ1n) is 5.01. The van der Waals surface area contributed by atoms with Crippen molar-refractivity contribution in [2.75, 3.05) is 0 Å². The SMILES string of the molecule is O=Cc1cc2n(n1)-c1ccccc1CC2. The summed E-state index contributed by atoms with van der Waals surface area (Å²) >= 11 is 0. The summed E-state index contributed by atoms with van der Waals surface area (Å²) in [4.78, 5) is 10.7. The highest BCUT2D eigenvalue weighted by molar-refractivity contribution is 5.72. The van der Waals surface area contributed by atoms with Crippen molar-refractivity contribution < 1.29 is 4.79 Å². The Morgan fingerprint density at radius 1 is 1.27 bits per heavy atom. The lowest BCUT2D eigenvalue weighted by Gasteiger charge is -2.17. The molecule has 0 bridgehead atoms. The highest BCUT2D eigenvalue weighted by atomic mass is 16.1. The Morgan fingerprint density at radius 2 is 2.13 bits per heavy atom. The molecule has 74 valence electrons. The summed E-state index contributed by atoms with van der Waals surface area (Å²) in [6, 6.07) is 10.0. The minimum atomic E-state index is 0.515. The van der Waals surface area contributed by atoms with Crippen molar-refractivity contribution in [1.82, 2.24) is 9.78 Å². The number of fused-ring (bicyclic) bond motifs is 3. The second-order valence-electron chi connectivity index (χ2n) is 3.72.